The Kier molecular flexibility index (Phi) is 4.18. The van der Waals surface area contributed by atoms with Crippen molar-refractivity contribution in [2.24, 2.45) is 0 Å². The Morgan fingerprint density at radius 3 is 2.57 bits per heavy atom. The van der Waals surface area contributed by atoms with Gasteiger partial charge in [0.05, 0.1) is 5.69 Å². The Bertz CT molecular complexity index is 323. The van der Waals surface area contributed by atoms with E-state index in [2.05, 4.69) is 28.2 Å². The Morgan fingerprint density at radius 1 is 1.29 bits per heavy atom. The Hall–Kier alpha value is -1.86. The lowest BCUT2D eigenvalue weighted by Gasteiger charge is -2.02. The van der Waals surface area contributed by atoms with Crippen molar-refractivity contribution in [2.45, 2.75) is 13.3 Å². The molecular formula is C10H11NO3. The zero-order chi connectivity index (χ0) is 10.2. The zero-order valence-corrected chi connectivity index (χ0v) is 7.78. The lowest BCUT2D eigenvalue weighted by molar-refractivity contribution is -0.172. The third-order valence-corrected chi connectivity index (χ3v) is 1.67. The molecule has 74 valence electrons. The molecule has 0 spiro atoms. The van der Waals surface area contributed by atoms with E-state index in [1.54, 1.807) is 0 Å². The molecule has 0 atom stereocenters. The van der Waals surface area contributed by atoms with Crippen LogP contribution in [0.5, 0.6) is 0 Å². The third kappa shape index (κ3) is 3.25. The molecule has 4 nitrogen and oxygen atoms in total. The predicted molar refractivity (Wildman–Crippen MR) is 52.0 cm³/mol. The van der Waals surface area contributed by atoms with E-state index in [1.165, 1.54) is 5.56 Å². The molecule has 0 saturated carbocycles. The first-order chi connectivity index (χ1) is 6.86. The predicted octanol–water partition coefficient (Wildman–Crippen LogP) is 2.00. The van der Waals surface area contributed by atoms with Gasteiger partial charge in [-0.1, -0.05) is 19.1 Å². The van der Waals surface area contributed by atoms with Crippen molar-refractivity contribution in [3.63, 3.8) is 0 Å². The molecular weight excluding hydrogens is 182 g/mol. The maximum atomic E-state index is 7.85. The first-order valence-electron chi connectivity index (χ1n) is 4.18. The molecule has 0 radical (unpaired) electrons. The number of benzene rings is 1. The van der Waals surface area contributed by atoms with Crippen molar-refractivity contribution in [3.05, 3.63) is 29.8 Å². The average Bonchev–Trinajstić information content (AvgIpc) is 2.25. The van der Waals surface area contributed by atoms with E-state index in [0.29, 0.717) is 0 Å². The molecule has 0 aliphatic rings. The molecule has 0 aliphatic heterocycles. The van der Waals surface area contributed by atoms with Gasteiger partial charge in [0.15, 0.2) is 6.11 Å². The molecule has 0 amide bonds. The molecule has 0 aromatic heterocycles. The van der Waals surface area contributed by atoms with Gasteiger partial charge in [-0.2, -0.15) is 5.26 Å². The maximum Gasteiger partial charge on any atom is 0.203 e. The maximum absolute atomic E-state index is 7.85. The number of nitrogens with one attached hydrogen (secondary N) is 1. The SMILES string of the molecule is CCc1ccc(NOC#COO)cc1. The summed E-state index contributed by atoms with van der Waals surface area (Å²) in [6, 6.07) is 7.73. The van der Waals surface area contributed by atoms with Crippen LogP contribution in [0.25, 0.3) is 0 Å². The molecule has 4 heteroatoms. The Labute approximate surface area is 82.3 Å². The Morgan fingerprint density at radius 2 is 2.00 bits per heavy atom. The molecule has 0 fully saturated rings. The largest absolute Gasteiger partial charge is 0.325 e. The van der Waals surface area contributed by atoms with Gasteiger partial charge in [-0.3, -0.25) is 4.89 Å². The van der Waals surface area contributed by atoms with Crippen molar-refractivity contribution in [2.75, 3.05) is 5.48 Å². The van der Waals surface area contributed by atoms with E-state index in [1.807, 2.05) is 30.4 Å². The summed E-state index contributed by atoms with van der Waals surface area (Å²) in [4.78, 5) is 8.13. The van der Waals surface area contributed by atoms with Crippen molar-refractivity contribution in [1.82, 2.24) is 0 Å². The summed E-state index contributed by atoms with van der Waals surface area (Å²) in [7, 11) is 0. The smallest absolute Gasteiger partial charge is 0.203 e. The van der Waals surface area contributed by atoms with Gasteiger partial charge in [0.2, 0.25) is 6.11 Å². The molecule has 1 rings (SSSR count). The number of hydrogen-bond acceptors (Lipinski definition) is 4. The third-order valence-electron chi connectivity index (χ3n) is 1.67. The fourth-order valence-electron chi connectivity index (χ4n) is 0.932. The van der Waals surface area contributed by atoms with Crippen LogP contribution in [0.2, 0.25) is 0 Å². The summed E-state index contributed by atoms with van der Waals surface area (Å²) in [5, 5.41) is 7.85. The second-order valence-electron chi connectivity index (χ2n) is 2.55. The quantitative estimate of drug-likeness (QED) is 0.438. The highest BCUT2D eigenvalue weighted by Gasteiger charge is 1.91. The van der Waals surface area contributed by atoms with Crippen LogP contribution in [0.15, 0.2) is 24.3 Å². The number of anilines is 1. The van der Waals surface area contributed by atoms with Crippen molar-refractivity contribution >= 4 is 5.69 Å². The van der Waals surface area contributed by atoms with Gasteiger partial charge in [0, 0.05) is 0 Å². The minimum Gasteiger partial charge on any atom is -0.325 e. The van der Waals surface area contributed by atoms with Crippen LogP contribution in [0.4, 0.5) is 5.69 Å². The van der Waals surface area contributed by atoms with E-state index in [-0.39, 0.29) is 0 Å². The van der Waals surface area contributed by atoms with E-state index in [4.69, 9.17) is 5.26 Å². The number of aryl methyl sites for hydroxylation is 1. The fourth-order valence-corrected chi connectivity index (χ4v) is 0.932. The highest BCUT2D eigenvalue weighted by Crippen LogP contribution is 2.09. The van der Waals surface area contributed by atoms with Crippen molar-refractivity contribution < 1.29 is 15.0 Å². The van der Waals surface area contributed by atoms with Crippen LogP contribution >= 0.6 is 0 Å². The summed E-state index contributed by atoms with van der Waals surface area (Å²) in [5.74, 6) is 0. The first-order valence-corrected chi connectivity index (χ1v) is 4.18. The highest BCUT2D eigenvalue weighted by molar-refractivity contribution is 5.42. The molecule has 14 heavy (non-hydrogen) atoms. The lowest BCUT2D eigenvalue weighted by atomic mass is 10.2. The van der Waals surface area contributed by atoms with E-state index >= 15 is 0 Å². The van der Waals surface area contributed by atoms with Gasteiger partial charge in [-0.25, -0.2) is 5.48 Å². The van der Waals surface area contributed by atoms with Crippen LogP contribution in [-0.2, 0) is 16.1 Å². The molecule has 2 N–H and O–H groups in total. The van der Waals surface area contributed by atoms with Crippen LogP contribution < -0.4 is 5.48 Å². The van der Waals surface area contributed by atoms with Gasteiger partial charge >= 0.3 is 0 Å². The minimum absolute atomic E-state index is 0.787. The van der Waals surface area contributed by atoms with E-state index in [9.17, 15) is 0 Å². The van der Waals surface area contributed by atoms with Gasteiger partial charge in [0.25, 0.3) is 0 Å². The number of rotatable bonds is 3. The molecule has 0 unspecified atom stereocenters. The summed E-state index contributed by atoms with van der Waals surface area (Å²) in [6.45, 7) is 2.09. The standard InChI is InChI=1S/C10H11NO3/c1-2-9-3-5-10(6-4-9)11-13-7-8-14-12/h3-6,11-12H,2H2,1H3. The van der Waals surface area contributed by atoms with Gasteiger partial charge in [-0.15, -0.1) is 0 Å². The first kappa shape index (κ1) is 10.2. The monoisotopic (exact) mass is 193 g/mol. The van der Waals surface area contributed by atoms with E-state index < -0.39 is 0 Å². The molecule has 0 aliphatic carbocycles. The summed E-state index contributed by atoms with van der Waals surface area (Å²) < 4.78 is 0. The van der Waals surface area contributed by atoms with Crippen molar-refractivity contribution in [1.29, 1.82) is 0 Å². The van der Waals surface area contributed by atoms with Gasteiger partial charge < -0.3 is 4.84 Å². The molecule has 0 heterocycles. The summed E-state index contributed by atoms with van der Waals surface area (Å²) in [5.41, 5.74) is 4.60. The normalized spacial score (nSPS) is 8.43. The van der Waals surface area contributed by atoms with Gasteiger partial charge in [0.1, 0.15) is 0 Å². The molecule has 1 aromatic carbocycles. The molecule has 0 bridgehead atoms. The van der Waals surface area contributed by atoms with Crippen LogP contribution in [0.3, 0.4) is 0 Å². The summed E-state index contributed by atoms with van der Waals surface area (Å²) >= 11 is 0. The van der Waals surface area contributed by atoms with Crippen LogP contribution in [0, 0.1) is 12.2 Å². The fraction of sp³-hybridized carbons (Fsp3) is 0.200. The lowest BCUT2D eigenvalue weighted by Crippen LogP contribution is -1.95. The van der Waals surface area contributed by atoms with Crippen molar-refractivity contribution in [3.8, 4) is 12.2 Å². The van der Waals surface area contributed by atoms with Gasteiger partial charge in [-0.05, 0) is 24.1 Å². The topological polar surface area (TPSA) is 50.7 Å². The summed E-state index contributed by atoms with van der Waals surface area (Å²) in [6.07, 6.45) is 4.94. The van der Waals surface area contributed by atoms with Crippen LogP contribution in [0.1, 0.15) is 12.5 Å². The zero-order valence-electron chi connectivity index (χ0n) is 7.78. The van der Waals surface area contributed by atoms with E-state index in [0.717, 1.165) is 12.1 Å². The highest BCUT2D eigenvalue weighted by atomic mass is 17.1. The molecule has 1 aromatic rings. The molecule has 0 saturated heterocycles. The second kappa shape index (κ2) is 5.73. The average molecular weight is 193 g/mol. The number of hydrogen-bond donors (Lipinski definition) is 2. The minimum atomic E-state index is 0.787. The Balaban J connectivity index is 2.43. The second-order valence-corrected chi connectivity index (χ2v) is 2.55. The van der Waals surface area contributed by atoms with Crippen LogP contribution in [-0.4, -0.2) is 5.26 Å².